The van der Waals surface area contributed by atoms with E-state index >= 15 is 0 Å². The first-order valence-electron chi connectivity index (χ1n) is 10.7. The molecule has 6 nitrogen and oxygen atoms in total. The lowest BCUT2D eigenvalue weighted by Gasteiger charge is -2.35. The first-order valence-corrected chi connectivity index (χ1v) is 10.7. The largest absolute Gasteiger partial charge is 0.489 e. The van der Waals surface area contributed by atoms with Crippen molar-refractivity contribution in [3.05, 3.63) is 82.2 Å². The summed E-state index contributed by atoms with van der Waals surface area (Å²) in [6.45, 7) is 10.4. The van der Waals surface area contributed by atoms with Gasteiger partial charge in [0.2, 0.25) is 0 Å². The van der Waals surface area contributed by atoms with Gasteiger partial charge in [-0.1, -0.05) is 41.1 Å². The number of hydrogen-bond donors (Lipinski definition) is 0. The van der Waals surface area contributed by atoms with Crippen molar-refractivity contribution >= 4 is 5.91 Å². The predicted octanol–water partition coefficient (Wildman–Crippen LogP) is 4.14. The summed E-state index contributed by atoms with van der Waals surface area (Å²) in [5, 5.41) is 3.95. The summed E-state index contributed by atoms with van der Waals surface area (Å²) >= 11 is 0. The maximum Gasteiger partial charge on any atom is 0.254 e. The van der Waals surface area contributed by atoms with E-state index in [9.17, 15) is 4.79 Å². The van der Waals surface area contributed by atoms with E-state index < -0.39 is 0 Å². The Morgan fingerprint density at radius 1 is 1.03 bits per heavy atom. The van der Waals surface area contributed by atoms with Crippen molar-refractivity contribution in [1.29, 1.82) is 0 Å². The summed E-state index contributed by atoms with van der Waals surface area (Å²) in [7, 11) is 0. The van der Waals surface area contributed by atoms with E-state index in [0.717, 1.165) is 49.7 Å². The zero-order valence-corrected chi connectivity index (χ0v) is 18.4. The summed E-state index contributed by atoms with van der Waals surface area (Å²) in [4.78, 5) is 17.4. The second-order valence-electron chi connectivity index (χ2n) is 8.18. The quantitative estimate of drug-likeness (QED) is 0.601. The fraction of sp³-hybridized carbons (Fsp3) is 0.360. The molecule has 1 saturated heterocycles. The van der Waals surface area contributed by atoms with Gasteiger partial charge in [0.1, 0.15) is 18.1 Å². The maximum atomic E-state index is 13.0. The summed E-state index contributed by atoms with van der Waals surface area (Å²) in [5.74, 6) is 1.48. The molecule has 1 aromatic heterocycles. The molecule has 0 radical (unpaired) electrons. The minimum absolute atomic E-state index is 0.0537. The molecule has 1 amide bonds. The van der Waals surface area contributed by atoms with Gasteiger partial charge in [-0.2, -0.15) is 0 Å². The molecule has 0 bridgehead atoms. The van der Waals surface area contributed by atoms with E-state index in [0.29, 0.717) is 17.9 Å². The lowest BCUT2D eigenvalue weighted by Crippen LogP contribution is -2.48. The van der Waals surface area contributed by atoms with Gasteiger partial charge in [-0.25, -0.2) is 0 Å². The van der Waals surface area contributed by atoms with Gasteiger partial charge in [-0.3, -0.25) is 9.69 Å². The van der Waals surface area contributed by atoms with Crippen LogP contribution in [0.25, 0.3) is 0 Å². The molecule has 0 N–H and O–H groups in total. The fourth-order valence-electron chi connectivity index (χ4n) is 3.94. The van der Waals surface area contributed by atoms with Crippen LogP contribution in [0.3, 0.4) is 0 Å². The first kappa shape index (κ1) is 21.1. The van der Waals surface area contributed by atoms with Crippen molar-refractivity contribution in [1.82, 2.24) is 15.0 Å². The monoisotopic (exact) mass is 419 g/mol. The van der Waals surface area contributed by atoms with Crippen molar-refractivity contribution in [2.75, 3.05) is 26.2 Å². The zero-order valence-electron chi connectivity index (χ0n) is 18.4. The third-order valence-corrected chi connectivity index (χ3v) is 5.79. The molecule has 1 fully saturated rings. The van der Waals surface area contributed by atoms with Crippen molar-refractivity contribution in [3.8, 4) is 5.75 Å². The molecule has 2 heterocycles. The average Bonchev–Trinajstić information content (AvgIpc) is 3.10. The summed E-state index contributed by atoms with van der Waals surface area (Å²) < 4.78 is 11.1. The number of hydrogen-bond acceptors (Lipinski definition) is 5. The Kier molecular flexibility index (Phi) is 6.37. The van der Waals surface area contributed by atoms with Crippen LogP contribution in [0, 0.1) is 20.8 Å². The number of aromatic nitrogens is 1. The molecular weight excluding hydrogens is 390 g/mol. The predicted molar refractivity (Wildman–Crippen MR) is 119 cm³/mol. The number of aryl methyl sites for hydroxylation is 3. The van der Waals surface area contributed by atoms with Crippen LogP contribution in [0.2, 0.25) is 0 Å². The molecule has 162 valence electrons. The van der Waals surface area contributed by atoms with Gasteiger partial charge in [0.25, 0.3) is 5.91 Å². The van der Waals surface area contributed by atoms with Gasteiger partial charge in [-0.05, 0) is 44.5 Å². The Morgan fingerprint density at radius 2 is 1.81 bits per heavy atom. The van der Waals surface area contributed by atoms with Crippen LogP contribution in [0.5, 0.6) is 5.75 Å². The van der Waals surface area contributed by atoms with E-state index in [1.54, 1.807) is 0 Å². The van der Waals surface area contributed by atoms with Crippen LogP contribution in [-0.2, 0) is 13.2 Å². The van der Waals surface area contributed by atoms with Crippen LogP contribution in [0.15, 0.2) is 53.1 Å². The molecule has 3 aromatic rings. The highest BCUT2D eigenvalue weighted by atomic mass is 16.5. The van der Waals surface area contributed by atoms with Gasteiger partial charge in [-0.15, -0.1) is 0 Å². The van der Waals surface area contributed by atoms with Crippen LogP contribution in [-0.4, -0.2) is 47.0 Å². The second-order valence-corrected chi connectivity index (χ2v) is 8.18. The normalized spacial score (nSPS) is 14.6. The molecule has 1 aliphatic rings. The van der Waals surface area contributed by atoms with Crippen LogP contribution < -0.4 is 4.74 Å². The van der Waals surface area contributed by atoms with E-state index in [2.05, 4.69) is 41.2 Å². The smallest absolute Gasteiger partial charge is 0.254 e. The van der Waals surface area contributed by atoms with Crippen molar-refractivity contribution < 1.29 is 14.1 Å². The van der Waals surface area contributed by atoms with E-state index in [1.165, 1.54) is 11.1 Å². The Morgan fingerprint density at radius 3 is 2.52 bits per heavy atom. The minimum Gasteiger partial charge on any atom is -0.489 e. The summed E-state index contributed by atoms with van der Waals surface area (Å²) in [6.07, 6.45) is 0. The highest BCUT2D eigenvalue weighted by Gasteiger charge is 2.22. The molecule has 31 heavy (non-hydrogen) atoms. The number of carbonyl (C=O) groups is 1. The van der Waals surface area contributed by atoms with E-state index in [4.69, 9.17) is 9.26 Å². The first-order chi connectivity index (χ1) is 15.0. The Labute approximate surface area is 183 Å². The molecule has 0 atom stereocenters. The molecule has 4 rings (SSSR count). The lowest BCUT2D eigenvalue weighted by atomic mass is 10.1. The highest BCUT2D eigenvalue weighted by Crippen LogP contribution is 2.20. The van der Waals surface area contributed by atoms with E-state index in [1.807, 2.05) is 43.0 Å². The minimum atomic E-state index is 0.0537. The van der Waals surface area contributed by atoms with Gasteiger partial charge in [0, 0.05) is 38.3 Å². The molecule has 6 heteroatoms. The number of rotatable bonds is 6. The number of carbonyl (C=O) groups excluding carboxylic acids is 1. The number of piperazine rings is 1. The molecule has 0 unspecified atom stereocenters. The zero-order chi connectivity index (χ0) is 21.8. The molecule has 0 spiro atoms. The number of nitrogens with zero attached hydrogens (tertiary/aromatic N) is 3. The molecule has 2 aromatic carbocycles. The van der Waals surface area contributed by atoms with E-state index in [-0.39, 0.29) is 5.91 Å². The molecule has 1 aliphatic heterocycles. The molecule has 0 saturated carbocycles. The topological polar surface area (TPSA) is 58.8 Å². The standard InChI is InChI=1S/C25H29N3O3/c1-18-6-4-7-21(14-18)16-27-10-12-28(13-11-27)25(29)22-8-5-9-23(15-22)30-17-24-19(2)26-31-20(24)3/h4-9,14-15H,10-13,16-17H2,1-3H3. The fourth-order valence-corrected chi connectivity index (χ4v) is 3.94. The third-order valence-electron chi connectivity index (χ3n) is 5.79. The Bertz CT molecular complexity index is 1030. The third kappa shape index (κ3) is 5.14. The number of ether oxygens (including phenoxy) is 1. The van der Waals surface area contributed by atoms with Crippen LogP contribution >= 0.6 is 0 Å². The van der Waals surface area contributed by atoms with Crippen LogP contribution in [0.1, 0.15) is 38.5 Å². The van der Waals surface area contributed by atoms with Gasteiger partial charge in [0.05, 0.1) is 11.3 Å². The summed E-state index contributed by atoms with van der Waals surface area (Å²) in [6, 6.07) is 16.0. The maximum absolute atomic E-state index is 13.0. The highest BCUT2D eigenvalue weighted by molar-refractivity contribution is 5.94. The van der Waals surface area contributed by atoms with Crippen LogP contribution in [0.4, 0.5) is 0 Å². The second kappa shape index (κ2) is 9.35. The molecular formula is C25H29N3O3. The molecule has 0 aliphatic carbocycles. The Hall–Kier alpha value is -3.12. The average molecular weight is 420 g/mol. The Balaban J connectivity index is 1.33. The number of amides is 1. The SMILES string of the molecule is Cc1cccc(CN2CCN(C(=O)c3cccc(OCc4c(C)noc4C)c3)CC2)c1. The van der Waals surface area contributed by atoms with Gasteiger partial charge < -0.3 is 14.2 Å². The van der Waals surface area contributed by atoms with Crippen molar-refractivity contribution in [2.45, 2.75) is 33.9 Å². The van der Waals surface area contributed by atoms with Gasteiger partial charge >= 0.3 is 0 Å². The number of benzene rings is 2. The lowest BCUT2D eigenvalue weighted by molar-refractivity contribution is 0.0628. The van der Waals surface area contributed by atoms with Crippen molar-refractivity contribution in [2.24, 2.45) is 0 Å². The van der Waals surface area contributed by atoms with Gasteiger partial charge in [0.15, 0.2) is 0 Å². The van der Waals surface area contributed by atoms with Crippen molar-refractivity contribution in [3.63, 3.8) is 0 Å². The summed E-state index contributed by atoms with van der Waals surface area (Å²) in [5.41, 5.74) is 5.03.